The highest BCUT2D eigenvalue weighted by Crippen LogP contribution is 2.46. The molecular weight excluding hydrogens is 222 g/mol. The molecule has 0 radical (unpaired) electrons. The Bertz CT molecular complexity index is 408. The average molecular weight is 247 g/mol. The minimum atomic E-state index is 0.389. The summed E-state index contributed by atoms with van der Waals surface area (Å²) in [4.78, 5) is 4.33. The van der Waals surface area contributed by atoms with E-state index in [2.05, 4.69) is 38.0 Å². The molecule has 1 aliphatic carbocycles. The fourth-order valence-corrected chi connectivity index (χ4v) is 3.69. The second kappa shape index (κ2) is 4.45. The molecule has 0 aromatic carbocycles. The van der Waals surface area contributed by atoms with Crippen molar-refractivity contribution in [1.82, 2.24) is 4.98 Å². The summed E-state index contributed by atoms with van der Waals surface area (Å²) >= 11 is 0. The third-order valence-electron chi connectivity index (χ3n) is 3.68. The van der Waals surface area contributed by atoms with Crippen molar-refractivity contribution in [3.63, 3.8) is 0 Å². The van der Waals surface area contributed by atoms with Gasteiger partial charge in [-0.15, -0.1) is 0 Å². The second-order valence-electron chi connectivity index (χ2n) is 7.20. The van der Waals surface area contributed by atoms with Crippen molar-refractivity contribution in [1.29, 1.82) is 0 Å². The van der Waals surface area contributed by atoms with Crippen LogP contribution in [0.5, 0.6) is 0 Å². The Morgan fingerprint density at radius 2 is 1.78 bits per heavy atom. The zero-order chi connectivity index (χ0) is 13.4. The van der Waals surface area contributed by atoms with E-state index in [-0.39, 0.29) is 0 Å². The molecule has 0 bridgehead atoms. The number of pyridine rings is 1. The van der Waals surface area contributed by atoms with Crippen molar-refractivity contribution in [3.05, 3.63) is 18.2 Å². The van der Waals surface area contributed by atoms with Gasteiger partial charge in [-0.1, -0.05) is 33.8 Å². The van der Waals surface area contributed by atoms with Crippen LogP contribution in [0.25, 0.3) is 0 Å². The van der Waals surface area contributed by atoms with Crippen LogP contribution in [0.15, 0.2) is 18.2 Å². The van der Waals surface area contributed by atoms with Gasteiger partial charge >= 0.3 is 0 Å². The van der Waals surface area contributed by atoms with Gasteiger partial charge in [-0.25, -0.2) is 4.98 Å². The monoisotopic (exact) mass is 247 g/mol. The summed E-state index contributed by atoms with van der Waals surface area (Å²) in [5.74, 6) is 1.47. The quantitative estimate of drug-likeness (QED) is 0.838. The summed E-state index contributed by atoms with van der Waals surface area (Å²) < 4.78 is 0. The SMILES string of the molecule is CC1(C)CC(Nc2cccc(N)n2)CC(C)(C)C1. The molecule has 2 rings (SSSR count). The molecule has 18 heavy (non-hydrogen) atoms. The van der Waals surface area contributed by atoms with E-state index in [0.29, 0.717) is 22.7 Å². The molecule has 0 amide bonds. The number of nitrogens with two attached hydrogens (primary N) is 1. The number of nitrogen functional groups attached to an aromatic ring is 1. The fourth-order valence-electron chi connectivity index (χ4n) is 3.69. The molecule has 1 saturated carbocycles. The summed E-state index contributed by atoms with van der Waals surface area (Å²) in [5, 5.41) is 3.54. The third-order valence-corrected chi connectivity index (χ3v) is 3.68. The van der Waals surface area contributed by atoms with E-state index in [4.69, 9.17) is 5.73 Å². The van der Waals surface area contributed by atoms with Gasteiger partial charge in [-0.3, -0.25) is 0 Å². The van der Waals surface area contributed by atoms with Crippen LogP contribution in [0.1, 0.15) is 47.0 Å². The second-order valence-corrected chi connectivity index (χ2v) is 7.20. The summed E-state index contributed by atoms with van der Waals surface area (Å²) in [6, 6.07) is 6.24. The molecule has 1 heterocycles. The minimum absolute atomic E-state index is 0.389. The van der Waals surface area contributed by atoms with Crippen LogP contribution in [0, 0.1) is 10.8 Å². The first kappa shape index (κ1) is 13.2. The number of anilines is 2. The van der Waals surface area contributed by atoms with Crippen LogP contribution in [-0.4, -0.2) is 11.0 Å². The molecule has 1 aromatic heterocycles. The lowest BCUT2D eigenvalue weighted by Crippen LogP contribution is -2.40. The highest BCUT2D eigenvalue weighted by Gasteiger charge is 2.38. The highest BCUT2D eigenvalue weighted by molar-refractivity contribution is 5.43. The zero-order valence-electron chi connectivity index (χ0n) is 12.0. The summed E-state index contributed by atoms with van der Waals surface area (Å²) in [7, 11) is 0. The Morgan fingerprint density at radius 3 is 2.33 bits per heavy atom. The van der Waals surface area contributed by atoms with Gasteiger partial charge in [0.25, 0.3) is 0 Å². The van der Waals surface area contributed by atoms with Gasteiger partial charge in [-0.2, -0.15) is 0 Å². The Balaban J connectivity index is 2.09. The van der Waals surface area contributed by atoms with Gasteiger partial charge < -0.3 is 11.1 Å². The maximum absolute atomic E-state index is 5.72. The molecule has 3 nitrogen and oxygen atoms in total. The van der Waals surface area contributed by atoms with Crippen LogP contribution in [-0.2, 0) is 0 Å². The maximum atomic E-state index is 5.72. The molecule has 3 N–H and O–H groups in total. The molecule has 0 aliphatic heterocycles. The zero-order valence-corrected chi connectivity index (χ0v) is 12.0. The predicted molar refractivity (Wildman–Crippen MR) is 77.5 cm³/mol. The highest BCUT2D eigenvalue weighted by atomic mass is 15.0. The standard InChI is InChI=1S/C15H25N3/c1-14(2)8-11(9-15(3,4)10-14)17-13-7-5-6-12(16)18-13/h5-7,11H,8-10H2,1-4H3,(H3,16,17,18). The Labute approximate surface area is 110 Å². The fraction of sp³-hybridized carbons (Fsp3) is 0.667. The lowest BCUT2D eigenvalue weighted by Gasteiger charge is -2.45. The van der Waals surface area contributed by atoms with E-state index in [0.717, 1.165) is 5.82 Å². The third kappa shape index (κ3) is 3.37. The molecule has 1 aromatic rings. The Morgan fingerprint density at radius 1 is 1.17 bits per heavy atom. The number of aromatic nitrogens is 1. The van der Waals surface area contributed by atoms with Crippen molar-refractivity contribution in [2.75, 3.05) is 11.1 Å². The number of nitrogens with one attached hydrogen (secondary N) is 1. The molecule has 0 spiro atoms. The van der Waals surface area contributed by atoms with Crippen LogP contribution in [0.2, 0.25) is 0 Å². The predicted octanol–water partition coefficient (Wildman–Crippen LogP) is 3.68. The van der Waals surface area contributed by atoms with Crippen molar-refractivity contribution in [3.8, 4) is 0 Å². The number of rotatable bonds is 2. The first-order valence-electron chi connectivity index (χ1n) is 6.75. The topological polar surface area (TPSA) is 50.9 Å². The number of nitrogens with zero attached hydrogens (tertiary/aromatic N) is 1. The van der Waals surface area contributed by atoms with E-state index in [9.17, 15) is 0 Å². The lowest BCUT2D eigenvalue weighted by atomic mass is 9.63. The van der Waals surface area contributed by atoms with Crippen molar-refractivity contribution in [2.45, 2.75) is 53.0 Å². The molecule has 1 fully saturated rings. The van der Waals surface area contributed by atoms with Crippen molar-refractivity contribution >= 4 is 11.6 Å². The smallest absolute Gasteiger partial charge is 0.128 e. The largest absolute Gasteiger partial charge is 0.384 e. The molecule has 3 heteroatoms. The summed E-state index contributed by atoms with van der Waals surface area (Å²) in [6.45, 7) is 9.43. The van der Waals surface area contributed by atoms with E-state index >= 15 is 0 Å². The van der Waals surface area contributed by atoms with E-state index in [1.165, 1.54) is 19.3 Å². The van der Waals surface area contributed by atoms with Gasteiger partial charge in [0, 0.05) is 6.04 Å². The van der Waals surface area contributed by atoms with E-state index in [1.54, 1.807) is 0 Å². The minimum Gasteiger partial charge on any atom is -0.384 e. The van der Waals surface area contributed by atoms with Crippen LogP contribution in [0.4, 0.5) is 11.6 Å². The van der Waals surface area contributed by atoms with Crippen molar-refractivity contribution < 1.29 is 0 Å². The van der Waals surface area contributed by atoms with Gasteiger partial charge in [0.05, 0.1) is 0 Å². The summed E-state index contributed by atoms with van der Waals surface area (Å²) in [5.41, 5.74) is 6.50. The van der Waals surface area contributed by atoms with E-state index in [1.807, 2.05) is 18.2 Å². The molecular formula is C15H25N3. The van der Waals surface area contributed by atoms with Crippen LogP contribution >= 0.6 is 0 Å². The average Bonchev–Trinajstić information content (AvgIpc) is 2.11. The normalized spacial score (nSPS) is 22.7. The van der Waals surface area contributed by atoms with E-state index < -0.39 is 0 Å². The lowest BCUT2D eigenvalue weighted by molar-refractivity contribution is 0.105. The summed E-state index contributed by atoms with van der Waals surface area (Å²) in [6.07, 6.45) is 3.66. The Kier molecular flexibility index (Phi) is 3.26. The van der Waals surface area contributed by atoms with Gasteiger partial charge in [0.1, 0.15) is 11.6 Å². The molecule has 0 saturated heterocycles. The van der Waals surface area contributed by atoms with Crippen molar-refractivity contribution in [2.24, 2.45) is 10.8 Å². The first-order valence-corrected chi connectivity index (χ1v) is 6.75. The van der Waals surface area contributed by atoms with Crippen LogP contribution < -0.4 is 11.1 Å². The molecule has 0 atom stereocenters. The van der Waals surface area contributed by atoms with Gasteiger partial charge in [-0.05, 0) is 42.2 Å². The number of hydrogen-bond donors (Lipinski definition) is 2. The van der Waals surface area contributed by atoms with Crippen LogP contribution in [0.3, 0.4) is 0 Å². The maximum Gasteiger partial charge on any atom is 0.128 e. The van der Waals surface area contributed by atoms with Gasteiger partial charge in [0.2, 0.25) is 0 Å². The Hall–Kier alpha value is -1.25. The first-order chi connectivity index (χ1) is 8.26. The molecule has 100 valence electrons. The molecule has 0 unspecified atom stereocenters. The molecule has 1 aliphatic rings. The number of hydrogen-bond acceptors (Lipinski definition) is 3. The van der Waals surface area contributed by atoms with Gasteiger partial charge in [0.15, 0.2) is 0 Å².